The summed E-state index contributed by atoms with van der Waals surface area (Å²) in [4.78, 5) is 4.17. The summed E-state index contributed by atoms with van der Waals surface area (Å²) in [5.41, 5.74) is 4.72. The van der Waals surface area contributed by atoms with Gasteiger partial charge in [0, 0.05) is 24.4 Å². The van der Waals surface area contributed by atoms with Crippen molar-refractivity contribution < 1.29 is 4.74 Å². The van der Waals surface area contributed by atoms with E-state index in [0.717, 1.165) is 29.0 Å². The van der Waals surface area contributed by atoms with Crippen LogP contribution in [0.25, 0.3) is 11.1 Å². The molecule has 2 nitrogen and oxygen atoms in total. The lowest BCUT2D eigenvalue weighted by Crippen LogP contribution is -2.02. The fraction of sp³-hybridized carbons (Fsp3) is 0.0556. The molecule has 0 aliphatic carbocycles. The van der Waals surface area contributed by atoms with Crippen molar-refractivity contribution in [3.8, 4) is 22.6 Å². The lowest BCUT2D eigenvalue weighted by Gasteiger charge is -2.20. The summed E-state index contributed by atoms with van der Waals surface area (Å²) in [6, 6.07) is 18.6. The van der Waals surface area contributed by atoms with Crippen LogP contribution in [0.1, 0.15) is 11.1 Å². The van der Waals surface area contributed by atoms with Crippen LogP contribution in [0.15, 0.2) is 67.0 Å². The van der Waals surface area contributed by atoms with Gasteiger partial charge in [0.05, 0.1) is 0 Å². The van der Waals surface area contributed by atoms with Gasteiger partial charge in [-0.15, -0.1) is 0 Å². The summed E-state index contributed by atoms with van der Waals surface area (Å²) in [5, 5.41) is 0. The van der Waals surface area contributed by atoms with Gasteiger partial charge >= 0.3 is 0 Å². The number of hydrogen-bond donors (Lipinski definition) is 0. The second kappa shape index (κ2) is 4.49. The molecule has 2 aromatic carbocycles. The first kappa shape index (κ1) is 11.2. The van der Waals surface area contributed by atoms with E-state index in [0.29, 0.717) is 0 Å². The van der Waals surface area contributed by atoms with Crippen LogP contribution < -0.4 is 4.74 Å². The summed E-state index contributed by atoms with van der Waals surface area (Å²) >= 11 is 0. The number of rotatable bonds is 1. The zero-order chi connectivity index (χ0) is 13.4. The Bertz CT molecular complexity index is 765. The molecule has 20 heavy (non-hydrogen) atoms. The van der Waals surface area contributed by atoms with Gasteiger partial charge in [-0.3, -0.25) is 4.98 Å². The van der Waals surface area contributed by atoms with Gasteiger partial charge in [0.15, 0.2) is 0 Å². The Morgan fingerprint density at radius 2 is 1.70 bits per heavy atom. The van der Waals surface area contributed by atoms with Crippen molar-refractivity contribution >= 4 is 0 Å². The van der Waals surface area contributed by atoms with Gasteiger partial charge in [-0.1, -0.05) is 36.4 Å². The molecule has 0 N–H and O–H groups in total. The molecule has 4 rings (SSSR count). The molecule has 2 heterocycles. The number of fused-ring (bicyclic) bond motifs is 2. The summed E-state index contributed by atoms with van der Waals surface area (Å²) in [5.74, 6) is 1.91. The maximum Gasteiger partial charge on any atom is 0.131 e. The second-order valence-electron chi connectivity index (χ2n) is 4.95. The third-order valence-electron chi connectivity index (χ3n) is 3.64. The topological polar surface area (TPSA) is 22.1 Å². The first-order chi connectivity index (χ1) is 9.90. The van der Waals surface area contributed by atoms with E-state index in [2.05, 4.69) is 41.4 Å². The summed E-state index contributed by atoms with van der Waals surface area (Å²) < 4.78 is 6.02. The standard InChI is InChI=1S/C18H13NO/c1-2-6-17-14(4-1)10-15-8-7-13(11-18(15)20-17)16-5-3-9-19-12-16/h1-9,11-12H,10H2. The fourth-order valence-corrected chi connectivity index (χ4v) is 2.58. The zero-order valence-corrected chi connectivity index (χ0v) is 10.9. The van der Waals surface area contributed by atoms with E-state index in [1.54, 1.807) is 6.20 Å². The zero-order valence-electron chi connectivity index (χ0n) is 10.9. The van der Waals surface area contributed by atoms with Crippen LogP contribution in [0, 0.1) is 0 Å². The number of benzene rings is 2. The van der Waals surface area contributed by atoms with Crippen LogP contribution >= 0.6 is 0 Å². The highest BCUT2D eigenvalue weighted by molar-refractivity contribution is 5.66. The first-order valence-corrected chi connectivity index (χ1v) is 6.69. The van der Waals surface area contributed by atoms with E-state index in [4.69, 9.17) is 4.74 Å². The predicted octanol–water partition coefficient (Wildman–Crippen LogP) is 4.45. The minimum Gasteiger partial charge on any atom is -0.457 e. The number of nitrogens with zero attached hydrogens (tertiary/aromatic N) is 1. The van der Waals surface area contributed by atoms with Crippen LogP contribution in [0.3, 0.4) is 0 Å². The van der Waals surface area contributed by atoms with Crippen molar-refractivity contribution in [2.45, 2.75) is 6.42 Å². The molecule has 1 aliphatic rings. The average Bonchev–Trinajstić information content (AvgIpc) is 2.53. The molecule has 1 aromatic heterocycles. The normalized spacial score (nSPS) is 12.2. The highest BCUT2D eigenvalue weighted by Gasteiger charge is 2.16. The maximum absolute atomic E-state index is 6.02. The Morgan fingerprint density at radius 3 is 2.60 bits per heavy atom. The molecule has 0 saturated heterocycles. The SMILES string of the molecule is c1cncc(-c2ccc3c(c2)Oc2ccccc2C3)c1. The molecule has 0 fully saturated rings. The van der Waals surface area contributed by atoms with E-state index < -0.39 is 0 Å². The molecule has 0 atom stereocenters. The van der Waals surface area contributed by atoms with E-state index in [1.807, 2.05) is 24.4 Å². The highest BCUT2D eigenvalue weighted by Crippen LogP contribution is 2.38. The highest BCUT2D eigenvalue weighted by atomic mass is 16.5. The fourth-order valence-electron chi connectivity index (χ4n) is 2.58. The second-order valence-corrected chi connectivity index (χ2v) is 4.95. The smallest absolute Gasteiger partial charge is 0.131 e. The monoisotopic (exact) mass is 259 g/mol. The Kier molecular flexibility index (Phi) is 2.52. The number of pyridine rings is 1. The Labute approximate surface area is 117 Å². The van der Waals surface area contributed by atoms with Crippen molar-refractivity contribution in [2.75, 3.05) is 0 Å². The molecule has 3 aromatic rings. The molecule has 0 unspecified atom stereocenters. The van der Waals surface area contributed by atoms with Gasteiger partial charge in [0.1, 0.15) is 11.5 Å². The lowest BCUT2D eigenvalue weighted by molar-refractivity contribution is 0.460. The third kappa shape index (κ3) is 1.86. The van der Waals surface area contributed by atoms with Crippen LogP contribution in [-0.4, -0.2) is 4.98 Å². The van der Waals surface area contributed by atoms with E-state index in [1.165, 1.54) is 11.1 Å². The van der Waals surface area contributed by atoms with E-state index in [-0.39, 0.29) is 0 Å². The quantitative estimate of drug-likeness (QED) is 0.504. The molecule has 2 heteroatoms. The van der Waals surface area contributed by atoms with Crippen LogP contribution in [0.5, 0.6) is 11.5 Å². The van der Waals surface area contributed by atoms with Gasteiger partial charge < -0.3 is 4.74 Å². The molecular weight excluding hydrogens is 246 g/mol. The van der Waals surface area contributed by atoms with Crippen molar-refractivity contribution in [3.63, 3.8) is 0 Å². The molecular formula is C18H13NO. The summed E-state index contributed by atoms with van der Waals surface area (Å²) in [7, 11) is 0. The number of hydrogen-bond acceptors (Lipinski definition) is 2. The Hall–Kier alpha value is -2.61. The molecule has 0 bridgehead atoms. The Balaban J connectivity index is 1.77. The summed E-state index contributed by atoms with van der Waals surface area (Å²) in [6.07, 6.45) is 4.59. The van der Waals surface area contributed by atoms with Crippen LogP contribution in [-0.2, 0) is 6.42 Å². The Morgan fingerprint density at radius 1 is 0.800 bits per heavy atom. The minimum atomic E-state index is 0.929. The number of para-hydroxylation sites is 1. The largest absolute Gasteiger partial charge is 0.457 e. The van der Waals surface area contributed by atoms with Gasteiger partial charge in [-0.2, -0.15) is 0 Å². The van der Waals surface area contributed by atoms with Crippen LogP contribution in [0.4, 0.5) is 0 Å². The lowest BCUT2D eigenvalue weighted by atomic mass is 9.97. The molecule has 0 amide bonds. The third-order valence-corrected chi connectivity index (χ3v) is 3.64. The van der Waals surface area contributed by atoms with Crippen molar-refractivity contribution in [2.24, 2.45) is 0 Å². The maximum atomic E-state index is 6.02. The molecule has 0 spiro atoms. The predicted molar refractivity (Wildman–Crippen MR) is 79.0 cm³/mol. The summed E-state index contributed by atoms with van der Waals surface area (Å²) in [6.45, 7) is 0. The molecule has 0 saturated carbocycles. The number of aromatic nitrogens is 1. The van der Waals surface area contributed by atoms with Gasteiger partial charge in [0.2, 0.25) is 0 Å². The van der Waals surface area contributed by atoms with E-state index >= 15 is 0 Å². The number of ether oxygens (including phenoxy) is 1. The molecule has 0 radical (unpaired) electrons. The van der Waals surface area contributed by atoms with Gasteiger partial charge in [-0.05, 0) is 34.9 Å². The first-order valence-electron chi connectivity index (χ1n) is 6.69. The van der Waals surface area contributed by atoms with E-state index in [9.17, 15) is 0 Å². The molecule has 96 valence electrons. The van der Waals surface area contributed by atoms with Crippen molar-refractivity contribution in [3.05, 3.63) is 78.1 Å². The van der Waals surface area contributed by atoms with Crippen molar-refractivity contribution in [1.29, 1.82) is 0 Å². The molecule has 1 aliphatic heterocycles. The van der Waals surface area contributed by atoms with Gasteiger partial charge in [0.25, 0.3) is 0 Å². The minimum absolute atomic E-state index is 0.929. The van der Waals surface area contributed by atoms with Crippen LogP contribution in [0.2, 0.25) is 0 Å². The van der Waals surface area contributed by atoms with Gasteiger partial charge in [-0.25, -0.2) is 0 Å². The van der Waals surface area contributed by atoms with Crippen molar-refractivity contribution in [1.82, 2.24) is 4.98 Å². The average molecular weight is 259 g/mol.